The molecule has 0 spiro atoms. The minimum Gasteiger partial charge on any atom is -0.376 e. The van der Waals surface area contributed by atoms with E-state index in [4.69, 9.17) is 4.74 Å². The van der Waals surface area contributed by atoms with Crippen molar-refractivity contribution >= 4 is 41.3 Å². The van der Waals surface area contributed by atoms with E-state index >= 15 is 0 Å². The Morgan fingerprint density at radius 1 is 1.18 bits per heavy atom. The largest absolute Gasteiger partial charge is 0.376 e. The van der Waals surface area contributed by atoms with Gasteiger partial charge in [-0.2, -0.15) is 0 Å². The van der Waals surface area contributed by atoms with E-state index in [0.29, 0.717) is 18.4 Å². The summed E-state index contributed by atoms with van der Waals surface area (Å²) in [4.78, 5) is 8.96. The average molecular weight is 516 g/mol. The van der Waals surface area contributed by atoms with E-state index in [9.17, 15) is 0 Å². The van der Waals surface area contributed by atoms with Gasteiger partial charge in [-0.1, -0.05) is 51.1 Å². The lowest BCUT2D eigenvalue weighted by Gasteiger charge is -2.16. The van der Waals surface area contributed by atoms with Crippen molar-refractivity contribution in [1.82, 2.24) is 15.6 Å². The number of aliphatic imine (C=N–C) groups is 1. The summed E-state index contributed by atoms with van der Waals surface area (Å²) in [5, 5.41) is 10.1. The highest BCUT2D eigenvalue weighted by Gasteiger charge is 2.07. The Morgan fingerprint density at radius 3 is 2.57 bits per heavy atom. The van der Waals surface area contributed by atoms with E-state index in [1.54, 1.807) is 18.4 Å². The standard InChI is InChI=1S/C21H32N4OS.HI/c1-16(2)20-25-19(15-27-20)10-11-23-21(22-4)24-12-17(3)13-26-14-18-8-6-5-7-9-18;/h5-9,15-17H,10-14H2,1-4H3,(H2,22,23,24);1H. The molecule has 2 aromatic rings. The second-order valence-corrected chi connectivity index (χ2v) is 7.96. The molecule has 5 nitrogen and oxygen atoms in total. The smallest absolute Gasteiger partial charge is 0.190 e. The van der Waals surface area contributed by atoms with Crippen molar-refractivity contribution < 1.29 is 4.74 Å². The predicted molar refractivity (Wildman–Crippen MR) is 130 cm³/mol. The quantitative estimate of drug-likeness (QED) is 0.279. The summed E-state index contributed by atoms with van der Waals surface area (Å²) in [5.74, 6) is 1.72. The van der Waals surface area contributed by atoms with Gasteiger partial charge < -0.3 is 15.4 Å². The Labute approximate surface area is 190 Å². The molecule has 0 aliphatic rings. The molecule has 7 heteroatoms. The Kier molecular flexibility index (Phi) is 12.3. The van der Waals surface area contributed by atoms with Crippen LogP contribution >= 0.6 is 35.3 Å². The molecule has 2 N–H and O–H groups in total. The molecular weight excluding hydrogens is 483 g/mol. The Morgan fingerprint density at radius 2 is 1.93 bits per heavy atom. The number of nitrogens with zero attached hydrogens (tertiary/aromatic N) is 2. The number of rotatable bonds is 10. The zero-order chi connectivity index (χ0) is 19.5. The molecule has 1 aromatic heterocycles. The van der Waals surface area contributed by atoms with E-state index < -0.39 is 0 Å². The number of ether oxygens (including phenoxy) is 1. The maximum atomic E-state index is 5.80. The third-order valence-electron chi connectivity index (χ3n) is 4.09. The summed E-state index contributed by atoms with van der Waals surface area (Å²) < 4.78 is 5.80. The molecule has 0 aliphatic carbocycles. The molecule has 1 atom stereocenters. The minimum atomic E-state index is 0. The molecule has 1 heterocycles. The van der Waals surface area contributed by atoms with Crippen molar-refractivity contribution in [3.63, 3.8) is 0 Å². The van der Waals surface area contributed by atoms with Crippen molar-refractivity contribution in [2.24, 2.45) is 10.9 Å². The number of nitrogens with one attached hydrogen (secondary N) is 2. The maximum absolute atomic E-state index is 5.80. The topological polar surface area (TPSA) is 58.5 Å². The molecular formula is C21H33IN4OS. The minimum absolute atomic E-state index is 0. The van der Waals surface area contributed by atoms with Gasteiger partial charge in [0.2, 0.25) is 0 Å². The monoisotopic (exact) mass is 516 g/mol. The number of thiazole rings is 1. The summed E-state index contributed by atoms with van der Waals surface area (Å²) >= 11 is 1.74. The lowest BCUT2D eigenvalue weighted by molar-refractivity contribution is 0.0931. The van der Waals surface area contributed by atoms with Gasteiger partial charge in [0.1, 0.15) is 0 Å². The van der Waals surface area contributed by atoms with Crippen LogP contribution in [0.3, 0.4) is 0 Å². The third kappa shape index (κ3) is 9.34. The van der Waals surface area contributed by atoms with Crippen LogP contribution in [0.25, 0.3) is 0 Å². The van der Waals surface area contributed by atoms with E-state index in [2.05, 4.69) is 58.9 Å². The van der Waals surface area contributed by atoms with E-state index in [1.807, 2.05) is 18.2 Å². The van der Waals surface area contributed by atoms with Gasteiger partial charge in [-0.3, -0.25) is 4.99 Å². The van der Waals surface area contributed by atoms with Gasteiger partial charge >= 0.3 is 0 Å². The van der Waals surface area contributed by atoms with Crippen LogP contribution in [0, 0.1) is 5.92 Å². The maximum Gasteiger partial charge on any atom is 0.190 e. The van der Waals surface area contributed by atoms with Crippen LogP contribution in [-0.4, -0.2) is 37.7 Å². The molecule has 0 radical (unpaired) electrons. The molecule has 0 bridgehead atoms. The second kappa shape index (κ2) is 13.9. The van der Waals surface area contributed by atoms with Gasteiger partial charge in [0, 0.05) is 37.9 Å². The van der Waals surface area contributed by atoms with Crippen molar-refractivity contribution in [1.29, 1.82) is 0 Å². The summed E-state index contributed by atoms with van der Waals surface area (Å²) in [6.45, 7) is 9.55. The molecule has 0 amide bonds. The average Bonchev–Trinajstić information content (AvgIpc) is 3.14. The van der Waals surface area contributed by atoms with Crippen molar-refractivity contribution in [3.8, 4) is 0 Å². The molecule has 28 heavy (non-hydrogen) atoms. The van der Waals surface area contributed by atoms with Crippen LogP contribution in [0.15, 0.2) is 40.7 Å². The third-order valence-corrected chi connectivity index (χ3v) is 5.29. The van der Waals surface area contributed by atoms with Gasteiger partial charge in [0.25, 0.3) is 0 Å². The second-order valence-electron chi connectivity index (χ2n) is 7.07. The summed E-state index contributed by atoms with van der Waals surface area (Å²) in [5.41, 5.74) is 2.35. The molecule has 0 saturated carbocycles. The Bertz CT molecular complexity index is 691. The highest BCUT2D eigenvalue weighted by atomic mass is 127. The number of halogens is 1. The number of aromatic nitrogens is 1. The van der Waals surface area contributed by atoms with Crippen LogP contribution in [0.5, 0.6) is 0 Å². The summed E-state index contributed by atoms with van der Waals surface area (Å²) in [6, 6.07) is 10.3. The fraction of sp³-hybridized carbons (Fsp3) is 0.524. The zero-order valence-corrected chi connectivity index (χ0v) is 20.4. The number of guanidine groups is 1. The van der Waals surface area contributed by atoms with E-state index in [1.165, 1.54) is 10.6 Å². The van der Waals surface area contributed by atoms with Gasteiger partial charge in [-0.15, -0.1) is 35.3 Å². The molecule has 0 saturated heterocycles. The first kappa shape index (κ1) is 24.8. The fourth-order valence-electron chi connectivity index (χ4n) is 2.51. The molecule has 0 fully saturated rings. The van der Waals surface area contributed by atoms with Gasteiger partial charge in [0.05, 0.1) is 23.9 Å². The number of benzene rings is 1. The first-order valence-electron chi connectivity index (χ1n) is 9.59. The first-order valence-corrected chi connectivity index (χ1v) is 10.5. The van der Waals surface area contributed by atoms with Crippen LogP contribution in [0.1, 0.15) is 43.0 Å². The van der Waals surface area contributed by atoms with Crippen molar-refractivity contribution in [3.05, 3.63) is 52.0 Å². The summed E-state index contributed by atoms with van der Waals surface area (Å²) in [7, 11) is 1.80. The Hall–Kier alpha value is -1.19. The summed E-state index contributed by atoms with van der Waals surface area (Å²) in [6.07, 6.45) is 0.902. The SMILES string of the molecule is CN=C(NCCc1csc(C(C)C)n1)NCC(C)COCc1ccccc1.I. The lowest BCUT2D eigenvalue weighted by Crippen LogP contribution is -2.40. The molecule has 0 aliphatic heterocycles. The normalized spacial score (nSPS) is 12.5. The fourth-order valence-corrected chi connectivity index (χ4v) is 3.38. The van der Waals surface area contributed by atoms with Gasteiger partial charge in [0.15, 0.2) is 5.96 Å². The predicted octanol–water partition coefficient (Wildman–Crippen LogP) is 4.44. The highest BCUT2D eigenvalue weighted by molar-refractivity contribution is 14.0. The van der Waals surface area contributed by atoms with Crippen molar-refractivity contribution in [2.45, 2.75) is 39.7 Å². The van der Waals surface area contributed by atoms with E-state index in [-0.39, 0.29) is 24.0 Å². The van der Waals surface area contributed by atoms with Crippen LogP contribution < -0.4 is 10.6 Å². The highest BCUT2D eigenvalue weighted by Crippen LogP contribution is 2.19. The number of hydrogen-bond donors (Lipinski definition) is 2. The van der Waals surface area contributed by atoms with Crippen LogP contribution in [-0.2, 0) is 17.8 Å². The molecule has 2 rings (SSSR count). The van der Waals surface area contributed by atoms with E-state index in [0.717, 1.165) is 37.8 Å². The van der Waals surface area contributed by atoms with Crippen LogP contribution in [0.2, 0.25) is 0 Å². The van der Waals surface area contributed by atoms with Gasteiger partial charge in [-0.25, -0.2) is 4.98 Å². The van der Waals surface area contributed by atoms with Gasteiger partial charge in [-0.05, 0) is 11.5 Å². The molecule has 1 unspecified atom stereocenters. The molecule has 156 valence electrons. The lowest BCUT2D eigenvalue weighted by atomic mass is 10.2. The molecule has 1 aromatic carbocycles. The van der Waals surface area contributed by atoms with Crippen molar-refractivity contribution in [2.75, 3.05) is 26.7 Å². The number of hydrogen-bond acceptors (Lipinski definition) is 4. The zero-order valence-electron chi connectivity index (χ0n) is 17.3. The first-order chi connectivity index (χ1) is 13.1. The van der Waals surface area contributed by atoms with Crippen LogP contribution in [0.4, 0.5) is 0 Å². The Balaban J connectivity index is 0.00000392.